The molecule has 0 spiro atoms. The third-order valence-electron chi connectivity index (χ3n) is 16.1. The fraction of sp³-hybridized carbons (Fsp3) is 0.135. The minimum Gasteiger partial charge on any atom is -0.308 e. The van der Waals surface area contributed by atoms with Gasteiger partial charge in [-0.05, 0) is 92.9 Å². The van der Waals surface area contributed by atoms with Gasteiger partial charge in [0.05, 0.1) is 51.6 Å². The summed E-state index contributed by atoms with van der Waals surface area (Å²) in [6, 6.07) is 85.8. The Morgan fingerprint density at radius 3 is 1.38 bits per heavy atom. The number of hydrogen-bond acceptors (Lipinski definition) is 5. The van der Waals surface area contributed by atoms with Crippen LogP contribution in [0, 0.1) is 0 Å². The van der Waals surface area contributed by atoms with Crippen molar-refractivity contribution in [2.45, 2.75) is 69.8 Å². The first-order valence-corrected chi connectivity index (χ1v) is 34.0. The van der Waals surface area contributed by atoms with Gasteiger partial charge in [0.25, 0.3) is 0 Å². The third-order valence-corrected chi connectivity index (χ3v) is 21.6. The van der Waals surface area contributed by atoms with Crippen LogP contribution in [0.2, 0.25) is 19.6 Å². The zero-order chi connectivity index (χ0) is 54.6. The summed E-state index contributed by atoms with van der Waals surface area (Å²) in [4.78, 5) is 6.55. The first kappa shape index (κ1) is 50.5. The number of benzene rings is 12. The molecule has 0 bridgehead atoms. The Bertz CT molecular complexity index is 4670. The normalized spacial score (nSPS) is 12.4. The van der Waals surface area contributed by atoms with E-state index in [9.17, 15) is 0 Å². The fourth-order valence-corrected chi connectivity index (χ4v) is 16.7. The van der Waals surface area contributed by atoms with Crippen LogP contribution in [0.1, 0.15) is 40.2 Å². The quantitative estimate of drug-likeness (QED) is 0.0724. The molecule has 14 aromatic rings. The molecule has 2 heterocycles. The highest BCUT2D eigenvalue weighted by molar-refractivity contribution is 7.99. The van der Waals surface area contributed by atoms with E-state index in [-0.39, 0.29) is 5.41 Å². The number of hydrogen-bond donors (Lipinski definition) is 0. The van der Waals surface area contributed by atoms with Crippen molar-refractivity contribution in [3.63, 3.8) is 0 Å². The molecule has 6 heteroatoms. The van der Waals surface area contributed by atoms with Gasteiger partial charge in [0.2, 0.25) is 0 Å². The second-order valence-electron chi connectivity index (χ2n) is 23.8. The Morgan fingerprint density at radius 1 is 0.400 bits per heavy atom. The van der Waals surface area contributed by atoms with E-state index < -0.39 is 8.07 Å². The Hall–Kier alpha value is -7.71. The van der Waals surface area contributed by atoms with E-state index in [0.717, 1.165) is 34.1 Å². The van der Waals surface area contributed by atoms with Gasteiger partial charge in [0, 0.05) is 68.4 Å². The van der Waals surface area contributed by atoms with Crippen LogP contribution in [0.15, 0.2) is 229 Å². The summed E-state index contributed by atoms with van der Waals surface area (Å²) < 4.78 is 5.09. The predicted octanol–water partition coefficient (Wildman–Crippen LogP) is 22.9. The molecule has 0 N–H and O–H groups in total. The van der Waals surface area contributed by atoms with Crippen LogP contribution in [0.25, 0.3) is 94.9 Å². The predicted molar refractivity (Wildman–Crippen MR) is 359 cm³/mol. The van der Waals surface area contributed by atoms with E-state index in [4.69, 9.17) is 0 Å². The lowest BCUT2D eigenvalue weighted by molar-refractivity contribution is 0.591. The molecular weight excluding hydrogens is 1040 g/mol. The average molecular weight is 1100 g/mol. The lowest BCUT2D eigenvalue weighted by Crippen LogP contribution is -2.37. The Labute approximate surface area is 482 Å². The summed E-state index contributed by atoms with van der Waals surface area (Å²) in [6.07, 6.45) is 0. The monoisotopic (exact) mass is 1100 g/mol. The molecule has 0 radical (unpaired) electrons. The molecule has 390 valence electrons. The molecule has 2 aromatic heterocycles. The maximum atomic E-state index is 2.66. The van der Waals surface area contributed by atoms with Crippen LogP contribution in [0.5, 0.6) is 0 Å². The van der Waals surface area contributed by atoms with Crippen molar-refractivity contribution in [3.05, 3.63) is 230 Å². The number of thiophene rings is 2. The molecule has 0 fully saturated rings. The number of fused-ring (bicyclic) bond motifs is 6. The zero-order valence-electron chi connectivity index (χ0n) is 46.6. The molecular formula is C74H62N2S3Si. The van der Waals surface area contributed by atoms with E-state index >= 15 is 0 Å². The van der Waals surface area contributed by atoms with Gasteiger partial charge in [-0.2, -0.15) is 0 Å². The first-order valence-electron chi connectivity index (χ1n) is 28.0. The topological polar surface area (TPSA) is 6.48 Å². The molecule has 0 unspecified atom stereocenters. The highest BCUT2D eigenvalue weighted by atomic mass is 32.2. The molecule has 80 heavy (non-hydrogen) atoms. The van der Waals surface area contributed by atoms with Crippen molar-refractivity contribution < 1.29 is 0 Å². The maximum absolute atomic E-state index is 2.66. The maximum Gasteiger partial charge on any atom is 0.0776 e. The highest BCUT2D eigenvalue weighted by Gasteiger charge is 2.31. The van der Waals surface area contributed by atoms with Gasteiger partial charge in [-0.3, -0.25) is 0 Å². The molecule has 0 saturated carbocycles. The van der Waals surface area contributed by atoms with Crippen LogP contribution in [0.4, 0.5) is 34.1 Å². The van der Waals surface area contributed by atoms with E-state index in [1.165, 1.54) is 111 Å². The van der Waals surface area contributed by atoms with Gasteiger partial charge in [-0.15, -0.1) is 34.4 Å². The second kappa shape index (κ2) is 19.5. The van der Waals surface area contributed by atoms with Gasteiger partial charge in [-0.1, -0.05) is 229 Å². The van der Waals surface area contributed by atoms with Gasteiger partial charge < -0.3 is 9.80 Å². The minimum atomic E-state index is -1.79. The van der Waals surface area contributed by atoms with Crippen LogP contribution in [0.3, 0.4) is 0 Å². The van der Waals surface area contributed by atoms with Crippen LogP contribution < -0.4 is 15.0 Å². The number of anilines is 6. The van der Waals surface area contributed by atoms with Gasteiger partial charge in [0.1, 0.15) is 0 Å². The van der Waals surface area contributed by atoms with E-state index in [1.807, 2.05) is 34.4 Å². The summed E-state index contributed by atoms with van der Waals surface area (Å²) in [5, 5.41) is 14.5. The summed E-state index contributed by atoms with van der Waals surface area (Å²) in [5.41, 5.74) is 13.0. The second-order valence-corrected chi connectivity index (χ2v) is 32.6. The summed E-state index contributed by atoms with van der Waals surface area (Å²) in [7, 11) is -1.79. The van der Waals surface area contributed by atoms with Crippen LogP contribution in [-0.2, 0) is 5.41 Å². The Morgan fingerprint density at radius 2 is 0.875 bits per heavy atom. The zero-order valence-corrected chi connectivity index (χ0v) is 50.0. The highest BCUT2D eigenvalue weighted by Crippen LogP contribution is 2.56. The van der Waals surface area contributed by atoms with Crippen molar-refractivity contribution >= 4 is 154 Å². The van der Waals surface area contributed by atoms with Crippen molar-refractivity contribution in [3.8, 4) is 22.3 Å². The van der Waals surface area contributed by atoms with Crippen molar-refractivity contribution in [1.82, 2.24) is 0 Å². The van der Waals surface area contributed by atoms with Gasteiger partial charge in [0.15, 0.2) is 0 Å². The molecule has 0 aliphatic heterocycles. The van der Waals surface area contributed by atoms with Crippen LogP contribution in [-0.4, -0.2) is 13.3 Å². The number of nitrogens with zero attached hydrogens (tertiary/aromatic N) is 2. The smallest absolute Gasteiger partial charge is 0.0776 e. The largest absolute Gasteiger partial charge is 0.308 e. The molecule has 0 saturated heterocycles. The molecule has 0 aliphatic carbocycles. The average Bonchev–Trinajstić information content (AvgIpc) is 4.11. The number of rotatable bonds is 11. The van der Waals surface area contributed by atoms with Crippen molar-refractivity contribution in [1.29, 1.82) is 0 Å². The molecule has 0 aliphatic rings. The van der Waals surface area contributed by atoms with E-state index in [1.54, 1.807) is 0 Å². The van der Waals surface area contributed by atoms with Gasteiger partial charge in [-0.25, -0.2) is 0 Å². The van der Waals surface area contributed by atoms with Gasteiger partial charge >= 0.3 is 0 Å². The Balaban J connectivity index is 1.18. The molecule has 12 aromatic carbocycles. The van der Waals surface area contributed by atoms with Crippen molar-refractivity contribution in [2.75, 3.05) is 9.80 Å². The molecule has 14 rings (SSSR count). The molecule has 2 nitrogen and oxygen atoms in total. The summed E-state index contributed by atoms with van der Waals surface area (Å²) in [5.74, 6) is 0. The van der Waals surface area contributed by atoms with Crippen molar-refractivity contribution in [2.24, 2.45) is 0 Å². The lowest BCUT2D eigenvalue weighted by atomic mass is 9.83. The molecule has 0 atom stereocenters. The lowest BCUT2D eigenvalue weighted by Gasteiger charge is -2.34. The first-order chi connectivity index (χ1) is 38.8. The van der Waals surface area contributed by atoms with E-state index in [0.29, 0.717) is 5.25 Å². The third kappa shape index (κ3) is 8.58. The fourth-order valence-electron chi connectivity index (χ4n) is 12.2. The summed E-state index contributed by atoms with van der Waals surface area (Å²) in [6.45, 7) is 19.0. The van der Waals surface area contributed by atoms with E-state index in [2.05, 4.69) is 289 Å². The van der Waals surface area contributed by atoms with Crippen LogP contribution >= 0.6 is 34.4 Å². The standard InChI is InChI=1S/C74H62N2S3Si/c1-46(2)77-52-35-39-62(60(43-52)47-21-11-9-12-22-47)75(64-29-19-27-56-54-25-15-17-31-68(54)78-72(56)64)66-45-67(59-38-34-50-42-51(74(3,4)5)41-49-33-37-58(66)71(59)70(49)50)76(65-30-20-28-57-55-26-16-18-32-69(55)79-73(57)65)63-40-36-53(80(6,7)8)44-61(63)48-23-13-10-14-24-48/h9-46H,1-8H3. The SMILES string of the molecule is CC(C)Sc1ccc(N(c2cc(N(c3ccc([Si](C)(C)C)cc3-c3ccccc3)c3cccc4c3sc3ccccc34)c3ccc4cc(C(C)(C)C)cc5ccc2c3c54)c2cccc3c2sc2ccccc23)c(-c2ccccc2)c1. The number of thioether (sulfide) groups is 1. The summed E-state index contributed by atoms with van der Waals surface area (Å²) >= 11 is 5.72. The minimum absolute atomic E-state index is 0.0377. The molecule has 0 amide bonds. The Kier molecular flexibility index (Phi) is 12.3.